The molecule has 6 nitrogen and oxygen atoms in total. The van der Waals surface area contributed by atoms with Gasteiger partial charge in [-0.2, -0.15) is 0 Å². The van der Waals surface area contributed by atoms with Gasteiger partial charge in [-0.1, -0.05) is 6.42 Å². The number of fused-ring (bicyclic) bond motifs is 4. The molecule has 5 heterocycles. The molecule has 0 aliphatic carbocycles. The van der Waals surface area contributed by atoms with Crippen LogP contribution in [0.1, 0.15) is 37.3 Å². The van der Waals surface area contributed by atoms with E-state index in [4.69, 9.17) is 0 Å². The maximum atomic E-state index is 13.3. The second-order valence-electron chi connectivity index (χ2n) is 8.39. The van der Waals surface area contributed by atoms with E-state index >= 15 is 0 Å². The molecule has 3 aliphatic rings. The first kappa shape index (κ1) is 22.3. The summed E-state index contributed by atoms with van der Waals surface area (Å²) in [4.78, 5) is 20.4. The van der Waals surface area contributed by atoms with Crippen LogP contribution >= 0.6 is 24.8 Å². The topological polar surface area (TPSA) is 55.1 Å². The van der Waals surface area contributed by atoms with Crippen molar-refractivity contribution >= 4 is 24.8 Å². The van der Waals surface area contributed by atoms with E-state index < -0.39 is 0 Å². The zero-order valence-corrected chi connectivity index (χ0v) is 18.4. The third-order valence-electron chi connectivity index (χ3n) is 6.57. The number of hydrogen-bond acceptors (Lipinski definition) is 4. The predicted octanol–water partition coefficient (Wildman–Crippen LogP) is 2.75. The van der Waals surface area contributed by atoms with Gasteiger partial charge in [0.05, 0.1) is 5.56 Å². The zero-order valence-electron chi connectivity index (χ0n) is 16.8. The monoisotopic (exact) mass is 439 g/mol. The molecule has 0 radical (unpaired) electrons. The average Bonchev–Trinajstić information content (AvgIpc) is 3.17. The van der Waals surface area contributed by atoms with Gasteiger partial charge in [-0.3, -0.25) is 4.79 Å². The van der Waals surface area contributed by atoms with Crippen molar-refractivity contribution in [3.63, 3.8) is 0 Å². The second kappa shape index (κ2) is 9.65. The first-order chi connectivity index (χ1) is 13.3. The molecule has 3 aliphatic heterocycles. The van der Waals surface area contributed by atoms with Crippen molar-refractivity contribution in [2.75, 3.05) is 32.7 Å². The molecular weight excluding hydrogens is 409 g/mol. The van der Waals surface area contributed by atoms with E-state index in [2.05, 4.69) is 25.8 Å². The van der Waals surface area contributed by atoms with Gasteiger partial charge in [0.1, 0.15) is 5.82 Å². The van der Waals surface area contributed by atoms with Gasteiger partial charge in [0.2, 0.25) is 0 Å². The molecular formula is C21H31Cl2N5O. The summed E-state index contributed by atoms with van der Waals surface area (Å²) in [6.45, 7) is 7.17. The Labute approximate surface area is 184 Å². The molecule has 160 valence electrons. The van der Waals surface area contributed by atoms with Crippen molar-refractivity contribution < 1.29 is 0 Å². The van der Waals surface area contributed by atoms with Crippen molar-refractivity contribution in [2.45, 2.75) is 44.7 Å². The molecule has 29 heavy (non-hydrogen) atoms. The minimum Gasteiger partial charge on any atom is -0.330 e. The number of imidazole rings is 1. The van der Waals surface area contributed by atoms with E-state index in [9.17, 15) is 4.79 Å². The second-order valence-corrected chi connectivity index (χ2v) is 8.39. The van der Waals surface area contributed by atoms with E-state index in [1.54, 1.807) is 0 Å². The molecule has 2 bridgehead atoms. The lowest BCUT2D eigenvalue weighted by Crippen LogP contribution is -2.45. The Kier molecular flexibility index (Phi) is 7.43. The van der Waals surface area contributed by atoms with Crippen molar-refractivity contribution in [1.29, 1.82) is 0 Å². The van der Waals surface area contributed by atoms with Crippen LogP contribution < -0.4 is 10.9 Å². The van der Waals surface area contributed by atoms with E-state index in [0.717, 1.165) is 44.1 Å². The fraction of sp³-hybridized carbons (Fsp3) is 0.619. The molecule has 0 unspecified atom stereocenters. The molecule has 0 saturated carbocycles. The maximum Gasteiger partial charge on any atom is 0.261 e. The lowest BCUT2D eigenvalue weighted by atomic mass is 9.84. The van der Waals surface area contributed by atoms with Gasteiger partial charge in [-0.05, 0) is 56.9 Å². The lowest BCUT2D eigenvalue weighted by molar-refractivity contribution is 0.221. The zero-order chi connectivity index (χ0) is 18.2. The van der Waals surface area contributed by atoms with E-state index in [1.165, 1.54) is 44.5 Å². The first-order valence-corrected chi connectivity index (χ1v) is 10.5. The smallest absolute Gasteiger partial charge is 0.261 e. The van der Waals surface area contributed by atoms with Crippen LogP contribution in [0.5, 0.6) is 0 Å². The summed E-state index contributed by atoms with van der Waals surface area (Å²) >= 11 is 0. The van der Waals surface area contributed by atoms with Crippen LogP contribution in [0.3, 0.4) is 0 Å². The molecule has 8 heteroatoms. The van der Waals surface area contributed by atoms with Crippen molar-refractivity contribution in [2.24, 2.45) is 5.92 Å². The van der Waals surface area contributed by atoms with Gasteiger partial charge >= 0.3 is 0 Å². The van der Waals surface area contributed by atoms with E-state index in [1.807, 2.05) is 23.0 Å². The molecule has 2 aromatic heterocycles. The SMILES string of the molecule is Cl.Cl.O=c1c(-c2nccn2CCN2CCCCC2)ccc2n1C[C@@H]1CNC[C@H]2C1. The number of rotatable bonds is 4. The Morgan fingerprint density at radius 3 is 2.72 bits per heavy atom. The van der Waals surface area contributed by atoms with Gasteiger partial charge in [0.15, 0.2) is 0 Å². The van der Waals surface area contributed by atoms with Crippen LogP contribution in [0.25, 0.3) is 11.4 Å². The number of pyridine rings is 1. The van der Waals surface area contributed by atoms with Crippen LogP contribution in [0.2, 0.25) is 0 Å². The molecule has 2 fully saturated rings. The van der Waals surface area contributed by atoms with Crippen LogP contribution in [0.4, 0.5) is 0 Å². The minimum absolute atomic E-state index is 0. The third-order valence-corrected chi connectivity index (χ3v) is 6.57. The highest BCUT2D eigenvalue weighted by molar-refractivity contribution is 5.85. The van der Waals surface area contributed by atoms with Crippen molar-refractivity contribution in [3.05, 3.63) is 40.6 Å². The number of halogens is 2. The molecule has 0 aromatic carbocycles. The van der Waals surface area contributed by atoms with Crippen molar-refractivity contribution in [1.82, 2.24) is 24.3 Å². The summed E-state index contributed by atoms with van der Waals surface area (Å²) in [5.74, 6) is 1.86. The first-order valence-electron chi connectivity index (χ1n) is 10.5. The lowest BCUT2D eigenvalue weighted by Gasteiger charge is -2.37. The van der Waals surface area contributed by atoms with Gasteiger partial charge in [-0.25, -0.2) is 4.98 Å². The third kappa shape index (κ3) is 4.41. The van der Waals surface area contributed by atoms with Gasteiger partial charge in [-0.15, -0.1) is 24.8 Å². The highest BCUT2D eigenvalue weighted by Gasteiger charge is 2.31. The summed E-state index contributed by atoms with van der Waals surface area (Å²) in [6, 6.07) is 4.16. The summed E-state index contributed by atoms with van der Waals surface area (Å²) in [6.07, 6.45) is 9.02. The summed E-state index contributed by atoms with van der Waals surface area (Å²) < 4.78 is 4.18. The molecule has 2 atom stereocenters. The molecule has 0 spiro atoms. The maximum absolute atomic E-state index is 13.3. The standard InChI is InChI=1S/C21H29N5O.2ClH/c27-21-18(4-5-19-17-12-16(13-22-14-17)15-26(19)21)20-23-6-9-25(20)11-10-24-7-2-1-3-8-24;;/h4-6,9,16-17,22H,1-3,7-8,10-15H2;2*1H/t16-,17+;;/m0../s1. The number of aromatic nitrogens is 3. The fourth-order valence-corrected chi connectivity index (χ4v) is 5.13. The summed E-state index contributed by atoms with van der Waals surface area (Å²) in [5, 5.41) is 3.51. The molecule has 2 saturated heterocycles. The normalized spacial score (nSPS) is 23.6. The van der Waals surface area contributed by atoms with Crippen LogP contribution in [-0.4, -0.2) is 51.7 Å². The van der Waals surface area contributed by atoms with Gasteiger partial charge in [0, 0.05) is 50.2 Å². The van der Waals surface area contributed by atoms with Crippen LogP contribution in [0, 0.1) is 5.92 Å². The molecule has 1 N–H and O–H groups in total. The summed E-state index contributed by atoms with van der Waals surface area (Å²) in [5.41, 5.74) is 2.07. The van der Waals surface area contributed by atoms with Gasteiger partial charge < -0.3 is 19.4 Å². The molecule has 2 aromatic rings. The van der Waals surface area contributed by atoms with E-state index in [-0.39, 0.29) is 30.4 Å². The number of nitrogens with one attached hydrogen (secondary N) is 1. The fourth-order valence-electron chi connectivity index (χ4n) is 5.13. The average molecular weight is 440 g/mol. The molecule has 5 rings (SSSR count). The van der Waals surface area contributed by atoms with E-state index in [0.29, 0.717) is 11.8 Å². The minimum atomic E-state index is 0. The Morgan fingerprint density at radius 1 is 1.07 bits per heavy atom. The Hall–Kier alpha value is -1.34. The van der Waals surface area contributed by atoms with Crippen molar-refractivity contribution in [3.8, 4) is 11.4 Å². The quantitative estimate of drug-likeness (QED) is 0.795. The highest BCUT2D eigenvalue weighted by atomic mass is 35.5. The number of hydrogen-bond donors (Lipinski definition) is 1. The van der Waals surface area contributed by atoms with Gasteiger partial charge in [0.25, 0.3) is 5.56 Å². The largest absolute Gasteiger partial charge is 0.330 e. The predicted molar refractivity (Wildman–Crippen MR) is 120 cm³/mol. The number of likely N-dealkylation sites (tertiary alicyclic amines) is 1. The Bertz CT molecular complexity index is 874. The number of piperidine rings is 2. The number of nitrogens with zero attached hydrogens (tertiary/aromatic N) is 4. The highest BCUT2D eigenvalue weighted by Crippen LogP contribution is 2.32. The Balaban J connectivity index is 0.00000120. The van der Waals surface area contributed by atoms with Crippen LogP contribution in [0.15, 0.2) is 29.3 Å². The van der Waals surface area contributed by atoms with Crippen LogP contribution in [-0.2, 0) is 13.1 Å². The molecule has 0 amide bonds. The summed E-state index contributed by atoms with van der Waals surface area (Å²) in [7, 11) is 0. The Morgan fingerprint density at radius 2 is 1.90 bits per heavy atom.